The van der Waals surface area contributed by atoms with Crippen molar-refractivity contribution < 1.29 is 9.84 Å². The summed E-state index contributed by atoms with van der Waals surface area (Å²) in [5.74, 6) is 0.765. The molecule has 4 heteroatoms. The Morgan fingerprint density at radius 2 is 1.67 bits per heavy atom. The first-order valence-electron chi connectivity index (χ1n) is 4.73. The molecule has 0 fully saturated rings. The van der Waals surface area contributed by atoms with Crippen molar-refractivity contribution in [1.29, 1.82) is 0 Å². The van der Waals surface area contributed by atoms with Gasteiger partial charge in [-0.25, -0.2) is 0 Å². The Kier molecular flexibility index (Phi) is 4.71. The molecular weight excluding hydrogens is 235 g/mol. The van der Waals surface area contributed by atoms with Gasteiger partial charge in [0, 0.05) is 0 Å². The summed E-state index contributed by atoms with van der Waals surface area (Å²) in [4.78, 5) is -0.818. The molecule has 0 amide bonds. The maximum absolute atomic E-state index is 9.57. The molecule has 84 valence electrons. The van der Waals surface area contributed by atoms with Gasteiger partial charge in [0.2, 0.25) is 0 Å². The van der Waals surface area contributed by atoms with Crippen molar-refractivity contribution in [3.63, 3.8) is 0 Å². The molecule has 0 aliphatic heterocycles. The summed E-state index contributed by atoms with van der Waals surface area (Å²) in [7, 11) is 0. The highest BCUT2D eigenvalue weighted by atomic mass is 35.5. The van der Waals surface area contributed by atoms with E-state index in [1.54, 1.807) is 24.3 Å². The Hall–Kier alpha value is -0.440. The number of alkyl halides is 2. The number of aliphatic hydroxyl groups excluding tert-OH is 1. The van der Waals surface area contributed by atoms with Crippen LogP contribution in [-0.2, 0) is 0 Å². The Labute approximate surface area is 99.8 Å². The summed E-state index contributed by atoms with van der Waals surface area (Å²) < 4.78 is 5.46. The number of hydrogen-bond acceptors (Lipinski definition) is 2. The van der Waals surface area contributed by atoms with Crippen LogP contribution in [0.4, 0.5) is 0 Å². The minimum absolute atomic E-state index is 0.134. The van der Waals surface area contributed by atoms with Crippen LogP contribution < -0.4 is 4.74 Å². The fourth-order valence-corrected chi connectivity index (χ4v) is 1.45. The van der Waals surface area contributed by atoms with Crippen LogP contribution in [-0.4, -0.2) is 16.0 Å². The van der Waals surface area contributed by atoms with Gasteiger partial charge in [-0.3, -0.25) is 0 Å². The van der Waals surface area contributed by atoms with Crippen LogP contribution in [0.5, 0.6) is 5.75 Å². The lowest BCUT2D eigenvalue weighted by atomic mass is 10.1. The van der Waals surface area contributed by atoms with Gasteiger partial charge in [0.1, 0.15) is 16.7 Å². The van der Waals surface area contributed by atoms with Crippen LogP contribution in [0.2, 0.25) is 0 Å². The van der Waals surface area contributed by atoms with Crippen molar-refractivity contribution in [2.75, 3.05) is 0 Å². The SMILES string of the molecule is CC(C)Oc1ccc(C(O)C(Cl)Cl)cc1. The minimum Gasteiger partial charge on any atom is -0.491 e. The lowest BCUT2D eigenvalue weighted by Crippen LogP contribution is -2.07. The molecule has 1 rings (SSSR count). The van der Waals surface area contributed by atoms with Crippen LogP contribution in [0.3, 0.4) is 0 Å². The standard InChI is InChI=1S/C11H14Cl2O2/c1-7(2)15-9-5-3-8(4-6-9)10(14)11(12)13/h3-7,10-11,14H,1-2H3. The number of ether oxygens (including phenoxy) is 1. The monoisotopic (exact) mass is 248 g/mol. The highest BCUT2D eigenvalue weighted by molar-refractivity contribution is 6.44. The van der Waals surface area contributed by atoms with Crippen molar-refractivity contribution in [2.24, 2.45) is 0 Å². The van der Waals surface area contributed by atoms with Crippen molar-refractivity contribution in [2.45, 2.75) is 30.9 Å². The first-order chi connectivity index (χ1) is 7.00. The van der Waals surface area contributed by atoms with Gasteiger partial charge in [-0.2, -0.15) is 0 Å². The Morgan fingerprint density at radius 3 is 2.07 bits per heavy atom. The molecule has 0 spiro atoms. The molecule has 1 atom stereocenters. The average Bonchev–Trinajstić information content (AvgIpc) is 2.17. The molecule has 15 heavy (non-hydrogen) atoms. The van der Waals surface area contributed by atoms with E-state index in [-0.39, 0.29) is 6.10 Å². The quantitative estimate of drug-likeness (QED) is 0.829. The zero-order chi connectivity index (χ0) is 11.4. The zero-order valence-corrected chi connectivity index (χ0v) is 10.2. The first kappa shape index (κ1) is 12.6. The maximum atomic E-state index is 9.57. The van der Waals surface area contributed by atoms with E-state index in [2.05, 4.69) is 0 Å². The molecule has 0 bridgehead atoms. The van der Waals surface area contributed by atoms with Gasteiger partial charge < -0.3 is 9.84 Å². The van der Waals surface area contributed by atoms with E-state index in [0.29, 0.717) is 5.56 Å². The van der Waals surface area contributed by atoms with Gasteiger partial charge in [-0.05, 0) is 31.5 Å². The van der Waals surface area contributed by atoms with Crippen molar-refractivity contribution in [3.8, 4) is 5.75 Å². The summed E-state index contributed by atoms with van der Waals surface area (Å²) in [6.07, 6.45) is -0.726. The zero-order valence-electron chi connectivity index (χ0n) is 8.65. The van der Waals surface area contributed by atoms with Gasteiger partial charge in [0.05, 0.1) is 6.10 Å². The van der Waals surface area contributed by atoms with E-state index < -0.39 is 10.9 Å². The molecule has 0 saturated carbocycles. The molecule has 1 N–H and O–H groups in total. The minimum atomic E-state index is -0.860. The molecule has 2 nitrogen and oxygen atoms in total. The van der Waals surface area contributed by atoms with E-state index in [4.69, 9.17) is 27.9 Å². The van der Waals surface area contributed by atoms with E-state index in [9.17, 15) is 5.11 Å². The van der Waals surface area contributed by atoms with E-state index in [1.165, 1.54) is 0 Å². The van der Waals surface area contributed by atoms with Gasteiger partial charge >= 0.3 is 0 Å². The van der Waals surface area contributed by atoms with Gasteiger partial charge in [-0.15, -0.1) is 23.2 Å². The van der Waals surface area contributed by atoms with Crippen LogP contribution in [0.1, 0.15) is 25.5 Å². The third kappa shape index (κ3) is 3.90. The molecule has 0 aliphatic carbocycles. The van der Waals surface area contributed by atoms with Gasteiger partial charge in [0.25, 0.3) is 0 Å². The largest absolute Gasteiger partial charge is 0.491 e. The molecule has 0 saturated heterocycles. The Bertz CT molecular complexity index is 296. The predicted molar refractivity (Wildman–Crippen MR) is 62.7 cm³/mol. The first-order valence-corrected chi connectivity index (χ1v) is 5.61. The van der Waals surface area contributed by atoms with Crippen LogP contribution in [0.15, 0.2) is 24.3 Å². The normalized spacial score (nSPS) is 13.3. The maximum Gasteiger partial charge on any atom is 0.137 e. The van der Waals surface area contributed by atoms with E-state index >= 15 is 0 Å². The van der Waals surface area contributed by atoms with Crippen molar-refractivity contribution in [1.82, 2.24) is 0 Å². The van der Waals surface area contributed by atoms with Gasteiger partial charge in [0.15, 0.2) is 0 Å². The highest BCUT2D eigenvalue weighted by Gasteiger charge is 2.15. The topological polar surface area (TPSA) is 29.5 Å². The second-order valence-electron chi connectivity index (χ2n) is 3.51. The van der Waals surface area contributed by atoms with Crippen LogP contribution >= 0.6 is 23.2 Å². The fourth-order valence-electron chi connectivity index (χ4n) is 1.16. The molecule has 0 aromatic heterocycles. The summed E-state index contributed by atoms with van der Waals surface area (Å²) in [5.41, 5.74) is 0.682. The molecule has 0 heterocycles. The summed E-state index contributed by atoms with van der Waals surface area (Å²) in [5, 5.41) is 9.57. The lowest BCUT2D eigenvalue weighted by Gasteiger charge is -2.13. The lowest BCUT2D eigenvalue weighted by molar-refractivity contribution is 0.192. The fraction of sp³-hybridized carbons (Fsp3) is 0.455. The second-order valence-corrected chi connectivity index (χ2v) is 4.68. The van der Waals surface area contributed by atoms with Crippen LogP contribution in [0.25, 0.3) is 0 Å². The third-order valence-corrected chi connectivity index (χ3v) is 2.31. The molecule has 1 unspecified atom stereocenters. The highest BCUT2D eigenvalue weighted by Crippen LogP contribution is 2.25. The summed E-state index contributed by atoms with van der Waals surface area (Å²) >= 11 is 11.1. The smallest absolute Gasteiger partial charge is 0.137 e. The molecule has 0 radical (unpaired) electrons. The molecule has 1 aromatic rings. The number of halogens is 2. The number of benzene rings is 1. The van der Waals surface area contributed by atoms with E-state index in [1.807, 2.05) is 13.8 Å². The summed E-state index contributed by atoms with van der Waals surface area (Å²) in [6, 6.07) is 7.07. The van der Waals surface area contributed by atoms with E-state index in [0.717, 1.165) is 5.75 Å². The second kappa shape index (κ2) is 5.59. The summed E-state index contributed by atoms with van der Waals surface area (Å²) in [6.45, 7) is 3.91. The van der Waals surface area contributed by atoms with Crippen molar-refractivity contribution in [3.05, 3.63) is 29.8 Å². The Balaban J connectivity index is 2.72. The van der Waals surface area contributed by atoms with Crippen molar-refractivity contribution >= 4 is 23.2 Å². The Morgan fingerprint density at radius 1 is 1.13 bits per heavy atom. The number of hydrogen-bond donors (Lipinski definition) is 1. The van der Waals surface area contributed by atoms with Gasteiger partial charge in [-0.1, -0.05) is 12.1 Å². The third-order valence-electron chi connectivity index (χ3n) is 1.83. The molecule has 0 aliphatic rings. The van der Waals surface area contributed by atoms with Crippen LogP contribution in [0, 0.1) is 0 Å². The predicted octanol–water partition coefficient (Wildman–Crippen LogP) is 3.31. The molecule has 1 aromatic carbocycles. The number of rotatable bonds is 4. The molecular formula is C11H14Cl2O2. The average molecular weight is 249 g/mol. The number of aliphatic hydroxyl groups is 1.